The highest BCUT2D eigenvalue weighted by atomic mass is 16.5. The largest absolute Gasteiger partial charge is 0.481 e. The van der Waals surface area contributed by atoms with Crippen LogP contribution in [0.4, 0.5) is 5.82 Å². The van der Waals surface area contributed by atoms with Gasteiger partial charge < -0.3 is 14.8 Å². The molecule has 0 aliphatic heterocycles. The first-order valence-corrected chi connectivity index (χ1v) is 11.1. The maximum atomic E-state index is 13.5. The summed E-state index contributed by atoms with van der Waals surface area (Å²) in [6.07, 6.45) is 0.851. The molecule has 1 aromatic carbocycles. The molecule has 0 amide bonds. The molecule has 7 heteroatoms. The topological polar surface area (TPSA) is 78.3 Å². The Morgan fingerprint density at radius 1 is 1.09 bits per heavy atom. The number of aryl methyl sites for hydroxylation is 2. The molecule has 2 aromatic heterocycles. The van der Waals surface area contributed by atoms with Crippen molar-refractivity contribution in [2.45, 2.75) is 52.8 Å². The molecule has 0 saturated carbocycles. The van der Waals surface area contributed by atoms with Crippen molar-refractivity contribution in [3.05, 3.63) is 69.3 Å². The summed E-state index contributed by atoms with van der Waals surface area (Å²) in [7, 11) is 1.57. The van der Waals surface area contributed by atoms with E-state index in [0.29, 0.717) is 36.0 Å². The third-order valence-corrected chi connectivity index (χ3v) is 6.04. The molecule has 3 aromatic rings. The second-order valence-electron chi connectivity index (χ2n) is 7.95. The van der Waals surface area contributed by atoms with Crippen LogP contribution in [0.5, 0.6) is 5.88 Å². The molecule has 1 N–H and O–H groups in total. The van der Waals surface area contributed by atoms with Crippen molar-refractivity contribution >= 4 is 5.82 Å². The molecule has 0 bridgehead atoms. The molecule has 1 unspecified atom stereocenters. The van der Waals surface area contributed by atoms with Gasteiger partial charge in [-0.3, -0.25) is 9.36 Å². The van der Waals surface area contributed by atoms with Gasteiger partial charge >= 0.3 is 0 Å². The number of fused-ring (bicyclic) bond motifs is 1. The van der Waals surface area contributed by atoms with Crippen LogP contribution in [0.2, 0.25) is 0 Å². The van der Waals surface area contributed by atoms with Gasteiger partial charge in [0.25, 0.3) is 5.56 Å². The SMILES string of the molecule is CCO[C@H]1Cc2ccccc2C1Nc1c(C)nc(-c2ccc(OC)nc2C)c(=O)n1CC. The molecular weight excluding hydrogens is 404 g/mol. The van der Waals surface area contributed by atoms with Crippen LogP contribution in [0, 0.1) is 13.8 Å². The van der Waals surface area contributed by atoms with E-state index in [-0.39, 0.29) is 17.7 Å². The molecule has 32 heavy (non-hydrogen) atoms. The number of aromatic nitrogens is 3. The predicted molar refractivity (Wildman–Crippen MR) is 125 cm³/mol. The smallest absolute Gasteiger partial charge is 0.278 e. The van der Waals surface area contributed by atoms with Crippen molar-refractivity contribution in [2.24, 2.45) is 0 Å². The molecule has 4 rings (SSSR count). The number of hydrogen-bond donors (Lipinski definition) is 1. The average Bonchev–Trinajstić information content (AvgIpc) is 3.13. The molecule has 2 atom stereocenters. The fourth-order valence-electron chi connectivity index (χ4n) is 4.50. The Kier molecular flexibility index (Phi) is 6.28. The maximum Gasteiger partial charge on any atom is 0.278 e. The number of nitrogens with zero attached hydrogens (tertiary/aromatic N) is 3. The van der Waals surface area contributed by atoms with Crippen molar-refractivity contribution < 1.29 is 9.47 Å². The number of ether oxygens (including phenoxy) is 2. The fraction of sp³-hybridized carbons (Fsp3) is 0.400. The summed E-state index contributed by atoms with van der Waals surface area (Å²) in [4.78, 5) is 22.6. The van der Waals surface area contributed by atoms with E-state index in [1.54, 1.807) is 17.7 Å². The van der Waals surface area contributed by atoms with Crippen molar-refractivity contribution in [3.63, 3.8) is 0 Å². The van der Waals surface area contributed by atoms with E-state index in [1.807, 2.05) is 39.8 Å². The second-order valence-corrected chi connectivity index (χ2v) is 7.95. The van der Waals surface area contributed by atoms with E-state index in [2.05, 4.69) is 28.5 Å². The summed E-state index contributed by atoms with van der Waals surface area (Å²) >= 11 is 0. The van der Waals surface area contributed by atoms with Crippen LogP contribution < -0.4 is 15.6 Å². The molecule has 0 saturated heterocycles. The lowest BCUT2D eigenvalue weighted by molar-refractivity contribution is 0.0572. The third kappa shape index (κ3) is 3.88. The van der Waals surface area contributed by atoms with Gasteiger partial charge in [-0.2, -0.15) is 0 Å². The number of anilines is 1. The summed E-state index contributed by atoms with van der Waals surface area (Å²) in [5, 5.41) is 3.61. The van der Waals surface area contributed by atoms with Crippen LogP contribution in [-0.4, -0.2) is 34.4 Å². The molecule has 0 radical (unpaired) electrons. The normalized spacial score (nSPS) is 17.3. The van der Waals surface area contributed by atoms with Crippen molar-refractivity contribution in [1.82, 2.24) is 14.5 Å². The lowest BCUT2D eigenvalue weighted by atomic mass is 10.1. The van der Waals surface area contributed by atoms with Gasteiger partial charge in [0.05, 0.1) is 30.6 Å². The van der Waals surface area contributed by atoms with Gasteiger partial charge in [0.15, 0.2) is 0 Å². The van der Waals surface area contributed by atoms with E-state index in [4.69, 9.17) is 14.5 Å². The van der Waals surface area contributed by atoms with E-state index < -0.39 is 0 Å². The van der Waals surface area contributed by atoms with E-state index in [0.717, 1.165) is 17.9 Å². The average molecular weight is 435 g/mol. The Balaban J connectivity index is 1.78. The van der Waals surface area contributed by atoms with Crippen molar-refractivity contribution in [2.75, 3.05) is 19.0 Å². The van der Waals surface area contributed by atoms with Gasteiger partial charge in [-0.25, -0.2) is 9.97 Å². The minimum atomic E-state index is -0.144. The minimum absolute atomic E-state index is 0.00455. The van der Waals surface area contributed by atoms with Crippen LogP contribution in [0.15, 0.2) is 41.2 Å². The number of rotatable bonds is 7. The molecule has 0 spiro atoms. The lowest BCUT2D eigenvalue weighted by Gasteiger charge is -2.26. The molecule has 7 nitrogen and oxygen atoms in total. The van der Waals surface area contributed by atoms with Gasteiger partial charge in [0.2, 0.25) is 5.88 Å². The standard InChI is InChI=1S/C25H30N4O3/c1-6-29-24(28-22-19-11-9-8-10-17(19)14-20(22)32-7-2)16(4)27-23(25(29)30)18-12-13-21(31-5)26-15(18)3/h8-13,20,22,28H,6-7,14H2,1-5H3/t20-,22?/m0/s1. The van der Waals surface area contributed by atoms with Crippen LogP contribution in [0.3, 0.4) is 0 Å². The van der Waals surface area contributed by atoms with Crippen LogP contribution in [0.1, 0.15) is 42.4 Å². The Hall–Kier alpha value is -3.19. The molecule has 2 heterocycles. The summed E-state index contributed by atoms with van der Waals surface area (Å²) in [5.41, 5.74) is 4.92. The van der Waals surface area contributed by atoms with E-state index >= 15 is 0 Å². The highest BCUT2D eigenvalue weighted by Crippen LogP contribution is 2.36. The quantitative estimate of drug-likeness (QED) is 0.604. The zero-order valence-electron chi connectivity index (χ0n) is 19.3. The highest BCUT2D eigenvalue weighted by Gasteiger charge is 2.34. The molecule has 1 aliphatic rings. The zero-order chi connectivity index (χ0) is 22.8. The van der Waals surface area contributed by atoms with Gasteiger partial charge in [-0.15, -0.1) is 0 Å². The van der Waals surface area contributed by atoms with Crippen molar-refractivity contribution in [1.29, 1.82) is 0 Å². The summed E-state index contributed by atoms with van der Waals surface area (Å²) in [6, 6.07) is 11.9. The highest BCUT2D eigenvalue weighted by molar-refractivity contribution is 5.63. The van der Waals surface area contributed by atoms with Crippen LogP contribution in [0.25, 0.3) is 11.3 Å². The summed E-state index contributed by atoms with van der Waals surface area (Å²) in [5.74, 6) is 1.24. The number of benzene rings is 1. The zero-order valence-corrected chi connectivity index (χ0v) is 19.3. The third-order valence-electron chi connectivity index (χ3n) is 6.04. The van der Waals surface area contributed by atoms with E-state index in [9.17, 15) is 4.79 Å². The van der Waals surface area contributed by atoms with Gasteiger partial charge in [0.1, 0.15) is 11.5 Å². The molecule has 168 valence electrons. The first kappa shape index (κ1) is 22.0. The van der Waals surface area contributed by atoms with Crippen LogP contribution >= 0.6 is 0 Å². The van der Waals surface area contributed by atoms with Gasteiger partial charge in [-0.05, 0) is 44.9 Å². The Bertz CT molecular complexity index is 1190. The minimum Gasteiger partial charge on any atom is -0.481 e. The second kappa shape index (κ2) is 9.12. The molecular formula is C25H30N4O3. The summed E-state index contributed by atoms with van der Waals surface area (Å²) < 4.78 is 13.0. The molecule has 0 fully saturated rings. The predicted octanol–water partition coefficient (Wildman–Crippen LogP) is 4.07. The van der Waals surface area contributed by atoms with E-state index in [1.165, 1.54) is 11.1 Å². The fourth-order valence-corrected chi connectivity index (χ4v) is 4.50. The monoisotopic (exact) mass is 434 g/mol. The lowest BCUT2D eigenvalue weighted by Crippen LogP contribution is -2.31. The first-order valence-electron chi connectivity index (χ1n) is 11.1. The van der Waals surface area contributed by atoms with Gasteiger partial charge in [-0.1, -0.05) is 24.3 Å². The van der Waals surface area contributed by atoms with Gasteiger partial charge in [0, 0.05) is 31.2 Å². The molecule has 1 aliphatic carbocycles. The Morgan fingerprint density at radius 2 is 1.88 bits per heavy atom. The first-order chi connectivity index (χ1) is 15.5. The summed E-state index contributed by atoms with van der Waals surface area (Å²) in [6.45, 7) is 8.93. The maximum absolute atomic E-state index is 13.5. The number of methoxy groups -OCH3 is 1. The van der Waals surface area contributed by atoms with Crippen LogP contribution in [-0.2, 0) is 17.7 Å². The van der Waals surface area contributed by atoms with Crippen molar-refractivity contribution in [3.8, 4) is 17.1 Å². The Morgan fingerprint density at radius 3 is 2.56 bits per heavy atom. The number of nitrogens with one attached hydrogen (secondary N) is 1. The number of pyridine rings is 1. The Labute approximate surface area is 188 Å². The number of hydrogen-bond acceptors (Lipinski definition) is 6.